The fourth-order valence-corrected chi connectivity index (χ4v) is 4.29. The Bertz CT molecular complexity index is 950. The topological polar surface area (TPSA) is 135 Å². The highest BCUT2D eigenvalue weighted by Crippen LogP contribution is 2.44. The van der Waals surface area contributed by atoms with Crippen LogP contribution >= 0.6 is 0 Å². The average molecular weight is 443 g/mol. The Morgan fingerprint density at radius 1 is 1.00 bits per heavy atom. The quantitative estimate of drug-likeness (QED) is 0.501. The van der Waals surface area contributed by atoms with Gasteiger partial charge in [-0.05, 0) is 22.3 Å². The van der Waals surface area contributed by atoms with Crippen molar-refractivity contribution in [3.63, 3.8) is 0 Å². The van der Waals surface area contributed by atoms with Crippen LogP contribution in [0.2, 0.25) is 0 Å². The molecule has 9 heteroatoms. The van der Waals surface area contributed by atoms with Gasteiger partial charge in [0.1, 0.15) is 31.0 Å². The Kier molecular flexibility index (Phi) is 6.43. The molecule has 32 heavy (non-hydrogen) atoms. The zero-order chi connectivity index (χ0) is 22.8. The smallest absolute Gasteiger partial charge is 0.433 e. The predicted molar refractivity (Wildman–Crippen MR) is 112 cm³/mol. The van der Waals surface area contributed by atoms with E-state index in [0.717, 1.165) is 22.3 Å². The number of carbonyl (C=O) groups excluding carboxylic acids is 2. The van der Waals surface area contributed by atoms with Crippen molar-refractivity contribution >= 4 is 12.1 Å². The summed E-state index contributed by atoms with van der Waals surface area (Å²) in [6.07, 6.45) is -6.70. The van der Waals surface area contributed by atoms with Crippen LogP contribution < -0.4 is 5.32 Å². The molecule has 170 valence electrons. The molecule has 2 aromatic rings. The molecule has 0 saturated carbocycles. The summed E-state index contributed by atoms with van der Waals surface area (Å²) >= 11 is 0. The molecule has 1 saturated heterocycles. The maximum atomic E-state index is 12.5. The fraction of sp³-hybridized carbons (Fsp3) is 0.391. The second kappa shape index (κ2) is 9.25. The standard InChI is InChI=1S/C23H25NO8/c1-12(26)24-19-21(28)20(27)18(10-25)31-22(19)32-23(29)30-11-17-15-8-4-2-6-13(15)14-7-3-5-9-16(14)17/h2-9,17-22,25,27-28H,10-11H2,1H3,(H,24,26)/t18-,19-,20-,21-,22+/m1/s1. The van der Waals surface area contributed by atoms with E-state index in [-0.39, 0.29) is 12.5 Å². The van der Waals surface area contributed by atoms with Crippen LogP contribution in [0.5, 0.6) is 0 Å². The van der Waals surface area contributed by atoms with Gasteiger partial charge < -0.3 is 34.8 Å². The summed E-state index contributed by atoms with van der Waals surface area (Å²) in [5, 5.41) is 32.1. The van der Waals surface area contributed by atoms with Gasteiger partial charge in [-0.15, -0.1) is 0 Å². The highest BCUT2D eigenvalue weighted by atomic mass is 16.8. The second-order valence-corrected chi connectivity index (χ2v) is 7.84. The number of carbonyl (C=O) groups is 2. The number of hydrogen-bond acceptors (Lipinski definition) is 8. The molecule has 1 heterocycles. The largest absolute Gasteiger partial charge is 0.510 e. The summed E-state index contributed by atoms with van der Waals surface area (Å²) in [5.41, 5.74) is 4.22. The molecule has 1 fully saturated rings. The Labute approximate surface area is 184 Å². The number of amides is 1. The van der Waals surface area contributed by atoms with Crippen molar-refractivity contribution in [2.45, 2.75) is 43.5 Å². The van der Waals surface area contributed by atoms with Crippen LogP contribution in [0, 0.1) is 0 Å². The van der Waals surface area contributed by atoms with Gasteiger partial charge in [0.05, 0.1) is 6.61 Å². The molecule has 1 aliphatic heterocycles. The van der Waals surface area contributed by atoms with Crippen molar-refractivity contribution in [2.75, 3.05) is 13.2 Å². The third-order valence-corrected chi connectivity index (χ3v) is 5.79. The minimum Gasteiger partial charge on any atom is -0.433 e. The summed E-state index contributed by atoms with van der Waals surface area (Å²) < 4.78 is 16.0. The van der Waals surface area contributed by atoms with E-state index in [1.54, 1.807) is 0 Å². The first-order valence-corrected chi connectivity index (χ1v) is 10.3. The average Bonchev–Trinajstić information content (AvgIpc) is 3.11. The fourth-order valence-electron chi connectivity index (χ4n) is 4.29. The highest BCUT2D eigenvalue weighted by Gasteiger charge is 2.47. The lowest BCUT2D eigenvalue weighted by Crippen LogP contribution is -2.64. The van der Waals surface area contributed by atoms with Crippen molar-refractivity contribution in [3.8, 4) is 11.1 Å². The van der Waals surface area contributed by atoms with E-state index >= 15 is 0 Å². The van der Waals surface area contributed by atoms with Gasteiger partial charge in [0.25, 0.3) is 0 Å². The number of nitrogens with one attached hydrogen (secondary N) is 1. The second-order valence-electron chi connectivity index (χ2n) is 7.84. The van der Waals surface area contributed by atoms with E-state index in [9.17, 15) is 24.9 Å². The number of benzene rings is 2. The summed E-state index contributed by atoms with van der Waals surface area (Å²) in [7, 11) is 0. The van der Waals surface area contributed by atoms with Gasteiger partial charge in [0, 0.05) is 12.8 Å². The maximum absolute atomic E-state index is 12.5. The van der Waals surface area contributed by atoms with Crippen molar-refractivity contribution in [1.82, 2.24) is 5.32 Å². The molecule has 1 amide bonds. The Morgan fingerprint density at radius 3 is 2.16 bits per heavy atom. The summed E-state index contributed by atoms with van der Waals surface area (Å²) in [6.45, 7) is 0.607. The monoisotopic (exact) mass is 443 g/mol. The van der Waals surface area contributed by atoms with E-state index < -0.39 is 49.3 Å². The van der Waals surface area contributed by atoms with Crippen molar-refractivity contribution in [3.05, 3.63) is 59.7 Å². The van der Waals surface area contributed by atoms with Crippen molar-refractivity contribution < 1.29 is 39.1 Å². The summed E-state index contributed by atoms with van der Waals surface area (Å²) in [5.74, 6) is -0.695. The van der Waals surface area contributed by atoms with Gasteiger partial charge >= 0.3 is 6.16 Å². The van der Waals surface area contributed by atoms with E-state index in [1.807, 2.05) is 48.5 Å². The number of fused-ring (bicyclic) bond motifs is 3. The van der Waals surface area contributed by atoms with Crippen molar-refractivity contribution in [2.24, 2.45) is 0 Å². The van der Waals surface area contributed by atoms with Gasteiger partial charge in [0.15, 0.2) is 0 Å². The highest BCUT2D eigenvalue weighted by molar-refractivity contribution is 5.79. The van der Waals surface area contributed by atoms with E-state index in [2.05, 4.69) is 5.32 Å². The lowest BCUT2D eigenvalue weighted by Gasteiger charge is -2.41. The summed E-state index contributed by atoms with van der Waals surface area (Å²) in [6, 6.07) is 14.5. The SMILES string of the molecule is CC(=O)N[C@H]1[C@H](OC(=O)OCC2c3ccccc3-c3ccccc32)O[C@H](CO)[C@@H](O)[C@@H]1O. The molecule has 5 atom stereocenters. The third kappa shape index (κ3) is 4.20. The number of rotatable bonds is 5. The predicted octanol–water partition coefficient (Wildman–Crippen LogP) is 0.896. The van der Waals surface area contributed by atoms with Crippen LogP contribution in [0.25, 0.3) is 11.1 Å². The first kappa shape index (κ1) is 22.2. The van der Waals surface area contributed by atoms with E-state index in [1.165, 1.54) is 6.92 Å². The Hall–Kier alpha value is -2.98. The van der Waals surface area contributed by atoms with Gasteiger partial charge in [-0.3, -0.25) is 4.79 Å². The molecule has 9 nitrogen and oxygen atoms in total. The molecular weight excluding hydrogens is 418 g/mol. The molecule has 0 radical (unpaired) electrons. The van der Waals surface area contributed by atoms with Crippen LogP contribution in [0.15, 0.2) is 48.5 Å². The minimum atomic E-state index is -1.52. The molecule has 0 aromatic heterocycles. The molecule has 0 bridgehead atoms. The first-order valence-electron chi connectivity index (χ1n) is 10.3. The first-order chi connectivity index (χ1) is 15.4. The zero-order valence-electron chi connectivity index (χ0n) is 17.4. The van der Waals surface area contributed by atoms with Crippen LogP contribution in [0.1, 0.15) is 24.0 Å². The lowest BCUT2D eigenvalue weighted by atomic mass is 9.97. The number of ether oxygens (including phenoxy) is 3. The van der Waals surface area contributed by atoms with Crippen LogP contribution in [-0.4, -0.2) is 71.2 Å². The van der Waals surface area contributed by atoms with Crippen LogP contribution in [0.4, 0.5) is 4.79 Å². The zero-order valence-corrected chi connectivity index (χ0v) is 17.4. The van der Waals surface area contributed by atoms with Crippen LogP contribution in [-0.2, 0) is 19.0 Å². The Balaban J connectivity index is 1.46. The summed E-state index contributed by atoms with van der Waals surface area (Å²) in [4.78, 5) is 24.0. The molecule has 4 rings (SSSR count). The van der Waals surface area contributed by atoms with Crippen molar-refractivity contribution in [1.29, 1.82) is 0 Å². The van der Waals surface area contributed by atoms with Gasteiger partial charge in [-0.2, -0.15) is 0 Å². The molecule has 2 aromatic carbocycles. The molecule has 0 unspecified atom stereocenters. The molecule has 2 aliphatic rings. The lowest BCUT2D eigenvalue weighted by molar-refractivity contribution is -0.257. The third-order valence-electron chi connectivity index (χ3n) is 5.79. The molecule has 4 N–H and O–H groups in total. The van der Waals surface area contributed by atoms with Gasteiger partial charge in [-0.25, -0.2) is 4.79 Å². The van der Waals surface area contributed by atoms with E-state index in [0.29, 0.717) is 0 Å². The van der Waals surface area contributed by atoms with Crippen LogP contribution in [0.3, 0.4) is 0 Å². The molecular formula is C23H25NO8. The number of hydrogen-bond donors (Lipinski definition) is 4. The molecule has 0 spiro atoms. The van der Waals surface area contributed by atoms with Gasteiger partial charge in [-0.1, -0.05) is 48.5 Å². The molecule has 1 aliphatic carbocycles. The minimum absolute atomic E-state index is 0.0129. The normalized spacial score (nSPS) is 26.7. The number of aliphatic hydroxyl groups excluding tert-OH is 3. The van der Waals surface area contributed by atoms with Gasteiger partial charge in [0.2, 0.25) is 12.2 Å². The van der Waals surface area contributed by atoms with E-state index in [4.69, 9.17) is 14.2 Å². The maximum Gasteiger partial charge on any atom is 0.510 e. The number of aliphatic hydroxyl groups is 3. The Morgan fingerprint density at radius 2 is 1.59 bits per heavy atom.